The van der Waals surface area contributed by atoms with Gasteiger partial charge in [0.05, 0.1) is 17.6 Å². The van der Waals surface area contributed by atoms with E-state index >= 15 is 0 Å². The Bertz CT molecular complexity index is 1200. The number of amides is 3. The van der Waals surface area contributed by atoms with Crippen LogP contribution in [-0.2, 0) is 31.9 Å². The molecule has 0 bridgehead atoms. The van der Waals surface area contributed by atoms with Crippen molar-refractivity contribution in [2.45, 2.75) is 13.0 Å². The summed E-state index contributed by atoms with van der Waals surface area (Å²) in [6.45, 7) is 0.185. The normalized spacial score (nSPS) is 14.2. The number of aromatic nitrogens is 2. The van der Waals surface area contributed by atoms with Crippen molar-refractivity contribution in [2.24, 2.45) is 19.1 Å². The van der Waals surface area contributed by atoms with Crippen molar-refractivity contribution in [3.63, 3.8) is 0 Å². The van der Waals surface area contributed by atoms with Crippen LogP contribution in [0.4, 0.5) is 4.79 Å². The second-order valence-electron chi connectivity index (χ2n) is 6.76. The maximum atomic E-state index is 12.7. The Balaban J connectivity index is 1.56. The third kappa shape index (κ3) is 3.09. The molecule has 0 atom stereocenters. The maximum Gasteiger partial charge on any atom is 0.351 e. The Morgan fingerprint density at radius 3 is 2.25 bits per heavy atom. The van der Waals surface area contributed by atoms with Crippen LogP contribution < -0.4 is 5.69 Å². The number of rotatable bonds is 4. The van der Waals surface area contributed by atoms with E-state index in [1.54, 1.807) is 23.2 Å². The number of imidazole rings is 1. The van der Waals surface area contributed by atoms with E-state index in [1.165, 1.54) is 0 Å². The first-order chi connectivity index (χ1) is 13.3. The summed E-state index contributed by atoms with van der Waals surface area (Å²) in [5.74, 6) is -0.380. The maximum absolute atomic E-state index is 12.7. The topological polar surface area (TPSA) is 76.7 Å². The molecule has 142 valence electrons. The molecule has 8 heteroatoms. The van der Waals surface area contributed by atoms with Crippen LogP contribution in [-0.4, -0.2) is 31.7 Å². The van der Waals surface area contributed by atoms with Crippen LogP contribution in [0.3, 0.4) is 0 Å². The van der Waals surface area contributed by atoms with Crippen molar-refractivity contribution in [2.75, 3.05) is 0 Å². The number of nitrogens with zero attached hydrogens (tertiary/aromatic N) is 4. The molecule has 0 N–H and O–H groups in total. The third-order valence-corrected chi connectivity index (χ3v) is 5.44. The summed E-state index contributed by atoms with van der Waals surface area (Å²) < 4.78 is 4.06. The fraction of sp³-hybridized carbons (Fsp3) is 0.200. The molecule has 3 aromatic rings. The number of fused-ring (bicyclic) bond motifs is 1. The molecule has 4 rings (SSSR count). The minimum atomic E-state index is -0.545. The molecule has 2 heterocycles. The van der Waals surface area contributed by atoms with Crippen LogP contribution >= 0.6 is 15.9 Å². The molecule has 0 unspecified atom stereocenters. The summed E-state index contributed by atoms with van der Waals surface area (Å²) in [6, 6.07) is 12.4. The van der Waals surface area contributed by atoms with Crippen molar-refractivity contribution in [3.8, 4) is 0 Å². The predicted octanol–water partition coefficient (Wildman–Crippen LogP) is 2.79. The van der Waals surface area contributed by atoms with E-state index in [2.05, 4.69) is 20.9 Å². The number of benzene rings is 2. The van der Waals surface area contributed by atoms with Crippen LogP contribution in [0, 0.1) is 0 Å². The Hall–Kier alpha value is -3.00. The Morgan fingerprint density at radius 1 is 0.893 bits per heavy atom. The second kappa shape index (κ2) is 6.87. The highest BCUT2D eigenvalue weighted by molar-refractivity contribution is 9.10. The number of urea groups is 1. The smallest absolute Gasteiger partial charge is 0.295 e. The highest BCUT2D eigenvalue weighted by atomic mass is 79.9. The minimum Gasteiger partial charge on any atom is -0.295 e. The molecular formula is C20H17BrN4O3. The van der Waals surface area contributed by atoms with Gasteiger partial charge in [0, 0.05) is 25.0 Å². The summed E-state index contributed by atoms with van der Waals surface area (Å²) in [6.07, 6.45) is 0.237. The lowest BCUT2D eigenvalue weighted by Gasteiger charge is -2.13. The molecule has 0 saturated heterocycles. The molecule has 3 amide bonds. The van der Waals surface area contributed by atoms with Gasteiger partial charge in [0.1, 0.15) is 5.71 Å². The lowest BCUT2D eigenvalue weighted by molar-refractivity contribution is -0.121. The summed E-state index contributed by atoms with van der Waals surface area (Å²) >= 11 is 3.36. The molecule has 1 aliphatic rings. The molecule has 1 aromatic heterocycles. The van der Waals surface area contributed by atoms with Crippen LogP contribution in [0.25, 0.3) is 11.0 Å². The van der Waals surface area contributed by atoms with Crippen LogP contribution in [0.5, 0.6) is 0 Å². The summed E-state index contributed by atoms with van der Waals surface area (Å²) in [5, 5.41) is 0. The van der Waals surface area contributed by atoms with Crippen molar-refractivity contribution in [1.29, 1.82) is 0 Å². The zero-order valence-corrected chi connectivity index (χ0v) is 16.9. The molecular weight excluding hydrogens is 424 g/mol. The van der Waals surface area contributed by atoms with Gasteiger partial charge < -0.3 is 0 Å². The van der Waals surface area contributed by atoms with Crippen LogP contribution in [0.15, 0.2) is 56.7 Å². The largest absolute Gasteiger partial charge is 0.351 e. The first-order valence-corrected chi connectivity index (χ1v) is 9.46. The van der Waals surface area contributed by atoms with Gasteiger partial charge in [0.2, 0.25) is 0 Å². The molecule has 7 nitrogen and oxygen atoms in total. The number of carbonyl (C=O) groups excluding carboxylic acids is 2. The zero-order chi connectivity index (χ0) is 20.0. The number of imide groups is 1. The van der Waals surface area contributed by atoms with E-state index in [0.717, 1.165) is 31.5 Å². The molecule has 0 spiro atoms. The van der Waals surface area contributed by atoms with Gasteiger partial charge in [-0.3, -0.25) is 18.8 Å². The molecule has 28 heavy (non-hydrogen) atoms. The van der Waals surface area contributed by atoms with E-state index in [4.69, 9.17) is 0 Å². The number of hydrogen-bond donors (Lipinski definition) is 0. The molecule has 1 aliphatic heterocycles. The standard InChI is InChI=1S/C20H17BrN4O3/c1-23-16-8-5-13(10-17(16)24(2)20(23)28)9-15-18(26)25(19(27)22-15)11-12-3-6-14(21)7-4-12/h3-8,10H,9,11H2,1-2H3. The minimum absolute atomic E-state index is 0.114. The van der Waals surface area contributed by atoms with E-state index in [0.29, 0.717) is 0 Å². The van der Waals surface area contributed by atoms with E-state index in [1.807, 2.05) is 42.5 Å². The molecule has 2 aromatic carbocycles. The lowest BCUT2D eigenvalue weighted by Crippen LogP contribution is -2.32. The number of carbonyl (C=O) groups is 2. The molecule has 0 aliphatic carbocycles. The van der Waals surface area contributed by atoms with Gasteiger partial charge in [-0.15, -0.1) is 0 Å². The molecule has 0 saturated carbocycles. The average molecular weight is 441 g/mol. The Labute approximate surface area is 169 Å². The monoisotopic (exact) mass is 440 g/mol. The van der Waals surface area contributed by atoms with E-state index in [-0.39, 0.29) is 30.3 Å². The van der Waals surface area contributed by atoms with Gasteiger partial charge in [0.25, 0.3) is 5.91 Å². The SMILES string of the molecule is Cn1c(=O)n(C)c2cc(CC3=NC(=O)N(Cc4ccc(Br)cc4)C3=O)ccc21. The van der Waals surface area contributed by atoms with Gasteiger partial charge in [-0.2, -0.15) is 4.99 Å². The fourth-order valence-electron chi connectivity index (χ4n) is 3.35. The molecule has 0 radical (unpaired) electrons. The van der Waals surface area contributed by atoms with Crippen LogP contribution in [0.1, 0.15) is 11.1 Å². The second-order valence-corrected chi connectivity index (χ2v) is 7.67. The highest BCUT2D eigenvalue weighted by Crippen LogP contribution is 2.19. The predicted molar refractivity (Wildman–Crippen MR) is 109 cm³/mol. The first kappa shape index (κ1) is 18.4. The van der Waals surface area contributed by atoms with Gasteiger partial charge in [-0.1, -0.05) is 34.1 Å². The number of halogens is 1. The zero-order valence-electron chi connectivity index (χ0n) is 15.3. The Kier molecular flexibility index (Phi) is 4.50. The average Bonchev–Trinajstić information content (AvgIpc) is 3.06. The lowest BCUT2D eigenvalue weighted by atomic mass is 10.1. The third-order valence-electron chi connectivity index (χ3n) is 4.92. The fourth-order valence-corrected chi connectivity index (χ4v) is 3.61. The number of hydrogen-bond acceptors (Lipinski definition) is 3. The van der Waals surface area contributed by atoms with Crippen molar-refractivity contribution in [1.82, 2.24) is 14.0 Å². The van der Waals surface area contributed by atoms with Gasteiger partial charge in [-0.25, -0.2) is 9.59 Å². The van der Waals surface area contributed by atoms with Crippen LogP contribution in [0.2, 0.25) is 0 Å². The summed E-state index contributed by atoms with van der Waals surface area (Å²) in [4.78, 5) is 42.1. The van der Waals surface area contributed by atoms with E-state index in [9.17, 15) is 14.4 Å². The van der Waals surface area contributed by atoms with Gasteiger partial charge in [-0.05, 0) is 35.4 Å². The number of aryl methyl sites for hydroxylation is 2. The van der Waals surface area contributed by atoms with Gasteiger partial charge >= 0.3 is 11.7 Å². The molecule has 0 fully saturated rings. The van der Waals surface area contributed by atoms with Crippen molar-refractivity contribution in [3.05, 3.63) is 68.5 Å². The van der Waals surface area contributed by atoms with Crippen molar-refractivity contribution >= 4 is 44.6 Å². The van der Waals surface area contributed by atoms with E-state index < -0.39 is 6.03 Å². The van der Waals surface area contributed by atoms with Gasteiger partial charge in [0.15, 0.2) is 0 Å². The highest BCUT2D eigenvalue weighted by Gasteiger charge is 2.33. The Morgan fingerprint density at radius 2 is 1.54 bits per heavy atom. The van der Waals surface area contributed by atoms with Crippen molar-refractivity contribution < 1.29 is 9.59 Å². The summed E-state index contributed by atoms with van der Waals surface area (Å²) in [5.41, 5.74) is 3.35. The quantitative estimate of drug-likeness (QED) is 0.625. The number of aliphatic imine (C=N–C) groups is 1. The first-order valence-electron chi connectivity index (χ1n) is 8.67. The summed E-state index contributed by atoms with van der Waals surface area (Å²) in [7, 11) is 3.42.